The van der Waals surface area contributed by atoms with Crippen LogP contribution in [0.2, 0.25) is 5.02 Å². The van der Waals surface area contributed by atoms with Gasteiger partial charge >= 0.3 is 0 Å². The number of hydrogen-bond donors (Lipinski definition) is 1. The van der Waals surface area contributed by atoms with E-state index in [1.54, 1.807) is 55.2 Å². The van der Waals surface area contributed by atoms with Crippen LogP contribution in [0.1, 0.15) is 43.6 Å². The molecule has 0 radical (unpaired) electrons. The molecule has 3 heterocycles. The first-order valence-electron chi connectivity index (χ1n) is 13.6. The summed E-state index contributed by atoms with van der Waals surface area (Å²) in [7, 11) is 0. The van der Waals surface area contributed by atoms with E-state index < -0.39 is 16.5 Å². The van der Waals surface area contributed by atoms with Crippen LogP contribution in [0.25, 0.3) is 6.08 Å². The van der Waals surface area contributed by atoms with Gasteiger partial charge in [0.25, 0.3) is 22.7 Å². The minimum absolute atomic E-state index is 0.166. The van der Waals surface area contributed by atoms with Crippen LogP contribution in [-0.4, -0.2) is 43.4 Å². The topological polar surface area (TPSA) is 144 Å². The molecule has 0 saturated carbocycles. The van der Waals surface area contributed by atoms with E-state index >= 15 is 0 Å². The number of aromatic nitrogens is 3. The molecule has 1 N–H and O–H groups in total. The highest BCUT2D eigenvalue weighted by atomic mass is 35.5. The molecule has 0 fully saturated rings. The van der Waals surface area contributed by atoms with Crippen molar-refractivity contribution in [1.82, 2.24) is 19.4 Å². The Balaban J connectivity index is 1.72. The summed E-state index contributed by atoms with van der Waals surface area (Å²) < 4.78 is 1.76. The molecule has 2 aromatic heterocycles. The Morgan fingerprint density at radius 1 is 1.16 bits per heavy atom. The van der Waals surface area contributed by atoms with Gasteiger partial charge in [-0.15, -0.1) is 0 Å². The van der Waals surface area contributed by atoms with Gasteiger partial charge < -0.3 is 9.88 Å². The fourth-order valence-corrected chi connectivity index (χ4v) is 7.02. The Hall–Kier alpha value is -4.33. The molecule has 0 aliphatic carbocycles. The molecule has 1 amide bonds. The number of fused-ring (bicyclic) bond motifs is 1. The fourth-order valence-electron chi connectivity index (χ4n) is 4.94. The van der Waals surface area contributed by atoms with Gasteiger partial charge in [-0.3, -0.25) is 29.1 Å². The van der Waals surface area contributed by atoms with E-state index in [0.29, 0.717) is 61.1 Å². The van der Waals surface area contributed by atoms with Crippen LogP contribution in [-0.2, 0) is 4.79 Å². The lowest BCUT2D eigenvalue weighted by atomic mass is 9.94. The highest BCUT2D eigenvalue weighted by molar-refractivity contribution is 7.99. The van der Waals surface area contributed by atoms with E-state index in [-0.39, 0.29) is 21.7 Å². The van der Waals surface area contributed by atoms with E-state index in [4.69, 9.17) is 11.6 Å². The van der Waals surface area contributed by atoms with Gasteiger partial charge in [0.2, 0.25) is 0 Å². The number of nitro groups is 1. The van der Waals surface area contributed by atoms with Crippen molar-refractivity contribution in [3.8, 4) is 0 Å². The summed E-state index contributed by atoms with van der Waals surface area (Å²) in [6.45, 7) is 8.19. The lowest BCUT2D eigenvalue weighted by molar-refractivity contribution is -0.384. The van der Waals surface area contributed by atoms with Crippen molar-refractivity contribution < 1.29 is 9.72 Å². The molecule has 5 rings (SSSR count). The SMILES string of the molecule is CCN(CC)C(=O)C1=C(C)N=c2s/c(=C\c3cc([N+](=O)[O-])ccc3Sc3nc(C)cc(=O)[nH]3)c(=O)n2[C@H]1c1ccc(Cl)cc1. The zero-order valence-corrected chi connectivity index (χ0v) is 26.5. The number of aromatic amines is 1. The van der Waals surface area contributed by atoms with Gasteiger partial charge in [-0.25, -0.2) is 9.98 Å². The Kier molecular flexibility index (Phi) is 9.00. The van der Waals surface area contributed by atoms with Gasteiger partial charge in [-0.1, -0.05) is 46.8 Å². The number of likely N-dealkylation sites (N-methyl/N-ethyl adjacent to an activating group) is 1. The second-order valence-electron chi connectivity index (χ2n) is 9.88. The summed E-state index contributed by atoms with van der Waals surface area (Å²) in [6.07, 6.45) is 1.57. The Morgan fingerprint density at radius 3 is 2.50 bits per heavy atom. The van der Waals surface area contributed by atoms with E-state index in [0.717, 1.165) is 23.1 Å². The van der Waals surface area contributed by atoms with Gasteiger partial charge in [0.05, 0.1) is 26.8 Å². The van der Waals surface area contributed by atoms with Crippen LogP contribution in [0.4, 0.5) is 5.69 Å². The lowest BCUT2D eigenvalue weighted by Crippen LogP contribution is -2.43. The third-order valence-electron chi connectivity index (χ3n) is 7.03. The molecule has 0 saturated heterocycles. The van der Waals surface area contributed by atoms with Gasteiger partial charge in [0, 0.05) is 46.9 Å². The number of benzene rings is 2. The summed E-state index contributed by atoms with van der Waals surface area (Å²) >= 11 is 8.41. The summed E-state index contributed by atoms with van der Waals surface area (Å²) in [5.41, 5.74) is 1.57. The summed E-state index contributed by atoms with van der Waals surface area (Å²) in [5.74, 6) is -0.220. The summed E-state index contributed by atoms with van der Waals surface area (Å²) in [6, 6.07) is 11.8. The first-order chi connectivity index (χ1) is 21.0. The summed E-state index contributed by atoms with van der Waals surface area (Å²) in [5, 5.41) is 12.5. The predicted molar refractivity (Wildman–Crippen MR) is 170 cm³/mol. The quantitative estimate of drug-likeness (QED) is 0.171. The Bertz CT molecular complexity index is 2060. The van der Waals surface area contributed by atoms with E-state index in [1.165, 1.54) is 22.8 Å². The number of amides is 1. The van der Waals surface area contributed by atoms with Crippen LogP contribution in [0.5, 0.6) is 0 Å². The monoisotopic (exact) mass is 650 g/mol. The lowest BCUT2D eigenvalue weighted by Gasteiger charge is -2.29. The smallest absolute Gasteiger partial charge is 0.271 e. The zero-order chi connectivity index (χ0) is 31.7. The molecule has 4 aromatic rings. The summed E-state index contributed by atoms with van der Waals surface area (Å²) in [4.78, 5) is 65.4. The fraction of sp³-hybridized carbons (Fsp3) is 0.233. The van der Waals surface area contributed by atoms with Crippen LogP contribution in [0.15, 0.2) is 84.4 Å². The molecule has 11 nitrogen and oxygen atoms in total. The molecule has 1 aliphatic heterocycles. The first-order valence-corrected chi connectivity index (χ1v) is 15.6. The molecule has 2 aromatic carbocycles. The second-order valence-corrected chi connectivity index (χ2v) is 12.4. The average molecular weight is 651 g/mol. The van der Waals surface area contributed by atoms with Crippen molar-refractivity contribution in [2.24, 2.45) is 4.99 Å². The maximum Gasteiger partial charge on any atom is 0.271 e. The second kappa shape index (κ2) is 12.7. The number of aryl methyl sites for hydroxylation is 1. The van der Waals surface area contributed by atoms with Gasteiger partial charge in [0.15, 0.2) is 9.96 Å². The minimum atomic E-state index is -0.765. The van der Waals surface area contributed by atoms with E-state index in [1.807, 2.05) is 13.8 Å². The number of halogens is 1. The third-order valence-corrected chi connectivity index (χ3v) is 9.25. The van der Waals surface area contributed by atoms with Gasteiger partial charge in [-0.2, -0.15) is 0 Å². The van der Waals surface area contributed by atoms with Crippen molar-refractivity contribution in [1.29, 1.82) is 0 Å². The standard InChI is InChI=1S/C30H27ClN6O5S2/c1-5-35(6-2)28(40)25-17(4)33-30-36(26(25)18-7-9-20(31)10-8-18)27(39)23(44-30)15-19-14-21(37(41)42)11-12-22(19)43-29-32-16(3)13-24(38)34-29/h7-15,26H,5-6H2,1-4H3,(H,32,34,38)/b23-15-/t26-/m0/s1. The number of thiazole rings is 1. The van der Waals surface area contributed by atoms with Crippen LogP contribution >= 0.6 is 34.7 Å². The maximum absolute atomic E-state index is 14.1. The van der Waals surface area contributed by atoms with E-state index in [9.17, 15) is 24.5 Å². The van der Waals surface area contributed by atoms with Crippen molar-refractivity contribution in [2.75, 3.05) is 13.1 Å². The molecule has 14 heteroatoms. The Morgan fingerprint density at radius 2 is 1.86 bits per heavy atom. The number of nitrogens with one attached hydrogen (secondary N) is 1. The van der Waals surface area contributed by atoms with Crippen LogP contribution in [0, 0.1) is 17.0 Å². The highest BCUT2D eigenvalue weighted by Crippen LogP contribution is 2.33. The molecular formula is C30H27ClN6O5S2. The highest BCUT2D eigenvalue weighted by Gasteiger charge is 2.34. The predicted octanol–water partition coefficient (Wildman–Crippen LogP) is 4.21. The molecule has 0 bridgehead atoms. The normalized spacial score (nSPS) is 14.8. The van der Waals surface area contributed by atoms with Crippen LogP contribution < -0.4 is 20.5 Å². The number of hydrogen-bond acceptors (Lipinski definition) is 9. The van der Waals surface area contributed by atoms with Crippen molar-refractivity contribution in [3.05, 3.63) is 122 Å². The van der Waals surface area contributed by atoms with Crippen molar-refractivity contribution in [2.45, 2.75) is 43.8 Å². The molecule has 0 spiro atoms. The molecule has 0 unspecified atom stereocenters. The molecular weight excluding hydrogens is 624 g/mol. The van der Waals surface area contributed by atoms with Crippen molar-refractivity contribution >= 4 is 52.4 Å². The number of carbonyl (C=O) groups is 1. The largest absolute Gasteiger partial charge is 0.339 e. The maximum atomic E-state index is 14.1. The Labute approximate surface area is 264 Å². The number of allylic oxidation sites excluding steroid dienone is 1. The molecule has 44 heavy (non-hydrogen) atoms. The number of non-ortho nitro benzene ring substituents is 1. The molecule has 1 atom stereocenters. The number of nitrogens with zero attached hydrogens (tertiary/aromatic N) is 5. The van der Waals surface area contributed by atoms with Crippen LogP contribution in [0.3, 0.4) is 0 Å². The number of rotatable bonds is 8. The van der Waals surface area contributed by atoms with Gasteiger partial charge in [0.1, 0.15) is 0 Å². The van der Waals surface area contributed by atoms with Gasteiger partial charge in [-0.05, 0) is 63.1 Å². The van der Waals surface area contributed by atoms with E-state index in [2.05, 4.69) is 15.0 Å². The molecule has 226 valence electrons. The first kappa shape index (κ1) is 31.1. The third kappa shape index (κ3) is 6.16. The zero-order valence-electron chi connectivity index (χ0n) is 24.2. The molecule has 1 aliphatic rings. The number of H-pyrrole nitrogens is 1. The minimum Gasteiger partial charge on any atom is -0.339 e. The average Bonchev–Trinajstić information content (AvgIpc) is 3.27. The van der Waals surface area contributed by atoms with Crippen molar-refractivity contribution in [3.63, 3.8) is 0 Å². The number of carbonyl (C=O) groups excluding carboxylic acids is 1. The number of nitro benzene ring substituents is 1.